The highest BCUT2D eigenvalue weighted by Gasteiger charge is 2.46. The Balaban J connectivity index is 1.79. The van der Waals surface area contributed by atoms with E-state index in [1.54, 1.807) is 20.8 Å². The fourth-order valence-electron chi connectivity index (χ4n) is 3.70. The van der Waals surface area contributed by atoms with Gasteiger partial charge >= 0.3 is 18.2 Å². The van der Waals surface area contributed by atoms with E-state index in [-0.39, 0.29) is 30.2 Å². The van der Waals surface area contributed by atoms with Crippen LogP contribution in [0.3, 0.4) is 0 Å². The molecule has 1 N–H and O–H groups in total. The number of carboxylic acid groups (broad SMARTS) is 1. The molecule has 2 amide bonds. The maximum absolute atomic E-state index is 12.6. The number of amides is 2. The minimum atomic E-state index is -1.28. The molecule has 0 saturated heterocycles. The number of nitro benzene ring substituents is 2. The van der Waals surface area contributed by atoms with E-state index >= 15 is 0 Å². The SMILES string of the molecule is CN(CCC1=NC=C[N+]1(C(=O)O)c1ccc(OC(=O)c2cc([N+](=O)[O-])cc([N+](=O)[O-])c2)cc1)C(=O)OC(C)(C)C. The Hall–Kier alpha value is -5.18. The highest BCUT2D eigenvalue weighted by atomic mass is 16.6. The van der Waals surface area contributed by atoms with Crippen molar-refractivity contribution in [1.29, 1.82) is 0 Å². The lowest BCUT2D eigenvalue weighted by molar-refractivity contribution is -0.394. The van der Waals surface area contributed by atoms with Crippen molar-refractivity contribution in [2.75, 3.05) is 13.6 Å². The summed E-state index contributed by atoms with van der Waals surface area (Å²) in [4.78, 5) is 63.3. The number of carbonyl (C=O) groups excluding carboxylic acids is 2. The van der Waals surface area contributed by atoms with Crippen LogP contribution < -0.4 is 9.22 Å². The molecule has 15 nitrogen and oxygen atoms in total. The van der Waals surface area contributed by atoms with Gasteiger partial charge in [-0.25, -0.2) is 14.6 Å². The fraction of sp³-hybridized carbons (Fsp3) is 0.280. The summed E-state index contributed by atoms with van der Waals surface area (Å²) in [5.41, 5.74) is -2.20. The van der Waals surface area contributed by atoms with E-state index < -0.39 is 55.0 Å². The quantitative estimate of drug-likeness (QED) is 0.154. The predicted molar refractivity (Wildman–Crippen MR) is 141 cm³/mol. The molecule has 0 spiro atoms. The number of nitrogens with zero attached hydrogens (tertiary/aromatic N) is 5. The highest BCUT2D eigenvalue weighted by Crippen LogP contribution is 2.32. The number of ether oxygens (including phenoxy) is 2. The highest BCUT2D eigenvalue weighted by molar-refractivity contribution is 6.11. The number of aliphatic imine (C=N–C) groups is 1. The Morgan fingerprint density at radius 3 is 2.10 bits per heavy atom. The van der Waals surface area contributed by atoms with Crippen LogP contribution in [0.15, 0.2) is 59.9 Å². The van der Waals surface area contributed by atoms with E-state index in [1.165, 1.54) is 48.6 Å². The van der Waals surface area contributed by atoms with Gasteiger partial charge in [0.05, 0.1) is 34.1 Å². The lowest BCUT2D eigenvalue weighted by atomic mass is 10.1. The van der Waals surface area contributed by atoms with E-state index in [2.05, 4.69) is 4.99 Å². The van der Waals surface area contributed by atoms with Gasteiger partial charge in [-0.3, -0.25) is 20.2 Å². The van der Waals surface area contributed by atoms with Crippen LogP contribution in [-0.4, -0.2) is 63.0 Å². The number of carbonyl (C=O) groups is 3. The predicted octanol–water partition coefficient (Wildman–Crippen LogP) is 4.85. The third-order valence-corrected chi connectivity index (χ3v) is 5.61. The molecule has 2 aromatic rings. The topological polar surface area (TPSA) is 192 Å². The lowest BCUT2D eigenvalue weighted by Gasteiger charge is -2.28. The van der Waals surface area contributed by atoms with Gasteiger partial charge in [-0.15, -0.1) is 4.48 Å². The molecule has 40 heavy (non-hydrogen) atoms. The van der Waals surface area contributed by atoms with Crippen LogP contribution in [0.2, 0.25) is 0 Å². The Bertz CT molecular complexity index is 1400. The second kappa shape index (κ2) is 11.3. The first-order valence-electron chi connectivity index (χ1n) is 11.7. The number of non-ortho nitro benzene ring substituents is 2. The molecule has 0 aliphatic carbocycles. The number of hydrogen-bond donors (Lipinski definition) is 1. The van der Waals surface area contributed by atoms with Crippen LogP contribution in [0.1, 0.15) is 37.6 Å². The lowest BCUT2D eigenvalue weighted by Crippen LogP contribution is -2.52. The average Bonchev–Trinajstić information content (AvgIpc) is 3.31. The summed E-state index contributed by atoms with van der Waals surface area (Å²) in [5.74, 6) is -0.926. The van der Waals surface area contributed by atoms with Gasteiger partial charge in [0.2, 0.25) is 5.84 Å². The zero-order chi connectivity index (χ0) is 29.8. The third kappa shape index (κ3) is 6.44. The van der Waals surface area contributed by atoms with E-state index in [0.717, 1.165) is 12.1 Å². The van der Waals surface area contributed by atoms with E-state index in [9.17, 15) is 39.7 Å². The fourth-order valence-corrected chi connectivity index (χ4v) is 3.70. The van der Waals surface area contributed by atoms with Gasteiger partial charge in [0.15, 0.2) is 5.69 Å². The molecule has 1 atom stereocenters. The van der Waals surface area contributed by atoms with E-state index in [1.807, 2.05) is 0 Å². The number of hydrogen-bond acceptors (Lipinski definition) is 10. The summed E-state index contributed by atoms with van der Waals surface area (Å²) in [6, 6.07) is 7.79. The van der Waals surface area contributed by atoms with Crippen LogP contribution in [0.5, 0.6) is 5.75 Å². The number of esters is 1. The minimum Gasteiger partial charge on any atom is -0.444 e. The molecule has 3 rings (SSSR count). The van der Waals surface area contributed by atoms with Gasteiger partial charge in [0.1, 0.15) is 17.6 Å². The van der Waals surface area contributed by atoms with Crippen LogP contribution in [-0.2, 0) is 4.74 Å². The summed E-state index contributed by atoms with van der Waals surface area (Å²) in [6.07, 6.45) is 0.917. The van der Waals surface area contributed by atoms with E-state index in [4.69, 9.17) is 9.47 Å². The van der Waals surface area contributed by atoms with Crippen molar-refractivity contribution in [2.24, 2.45) is 4.99 Å². The molecular weight excluding hydrogens is 530 g/mol. The number of benzene rings is 2. The first-order chi connectivity index (χ1) is 18.6. The van der Waals surface area contributed by atoms with Gasteiger partial charge in [0, 0.05) is 37.9 Å². The molecule has 0 saturated carbocycles. The summed E-state index contributed by atoms with van der Waals surface area (Å²) in [7, 11) is 1.52. The largest absolute Gasteiger partial charge is 0.529 e. The van der Waals surface area contributed by atoms with Gasteiger partial charge in [-0.1, -0.05) is 0 Å². The van der Waals surface area contributed by atoms with Crippen molar-refractivity contribution in [2.45, 2.75) is 32.8 Å². The summed E-state index contributed by atoms with van der Waals surface area (Å²) >= 11 is 0. The average molecular weight is 557 g/mol. The van der Waals surface area contributed by atoms with Crippen molar-refractivity contribution in [3.63, 3.8) is 0 Å². The molecule has 0 fully saturated rings. The van der Waals surface area contributed by atoms with Gasteiger partial charge in [-0.2, -0.15) is 4.79 Å². The second-order valence-electron chi connectivity index (χ2n) is 9.64. The van der Waals surface area contributed by atoms with E-state index in [0.29, 0.717) is 6.07 Å². The van der Waals surface area contributed by atoms with Crippen molar-refractivity contribution in [3.8, 4) is 5.75 Å². The maximum Gasteiger partial charge on any atom is 0.529 e. The Morgan fingerprint density at radius 2 is 1.60 bits per heavy atom. The Kier molecular flexibility index (Phi) is 8.29. The standard InChI is InChI=1S/C25H25N5O10/c1-25(2,3)40-23(32)27(4)11-9-21-26-10-12-30(21,24(33)34)19-5-7-20(8-6-19)39-22(31)16-13-17(28(35)36)15-18(14-16)29(37)38/h5-8,10,12-15H,9,11H2,1-4H3/p+1. The Labute approximate surface area is 227 Å². The van der Waals surface area contributed by atoms with Crippen LogP contribution >= 0.6 is 0 Å². The number of rotatable bonds is 8. The van der Waals surface area contributed by atoms with Crippen LogP contribution in [0.25, 0.3) is 0 Å². The molecule has 1 aliphatic rings. The van der Waals surface area contributed by atoms with Crippen LogP contribution in [0, 0.1) is 20.2 Å². The van der Waals surface area contributed by atoms with Crippen molar-refractivity contribution >= 4 is 41.1 Å². The number of amidine groups is 1. The molecule has 0 bridgehead atoms. The molecule has 1 unspecified atom stereocenters. The molecule has 15 heteroatoms. The van der Waals surface area contributed by atoms with Crippen molar-refractivity contribution < 1.29 is 38.8 Å². The molecular formula is C25H26N5O10+. The number of nitro groups is 2. The minimum absolute atomic E-state index is 0.0437. The smallest absolute Gasteiger partial charge is 0.444 e. The maximum atomic E-state index is 12.6. The monoisotopic (exact) mass is 556 g/mol. The molecule has 0 aromatic heterocycles. The zero-order valence-electron chi connectivity index (χ0n) is 22.0. The first kappa shape index (κ1) is 29.4. The molecule has 1 heterocycles. The summed E-state index contributed by atoms with van der Waals surface area (Å²) in [5, 5.41) is 32.4. The third-order valence-electron chi connectivity index (χ3n) is 5.61. The number of quaternary nitrogens is 1. The zero-order valence-corrected chi connectivity index (χ0v) is 22.0. The summed E-state index contributed by atoms with van der Waals surface area (Å²) in [6.45, 7) is 5.30. The normalized spacial score (nSPS) is 16.1. The first-order valence-corrected chi connectivity index (χ1v) is 11.7. The second-order valence-corrected chi connectivity index (χ2v) is 9.64. The molecule has 2 aromatic carbocycles. The summed E-state index contributed by atoms with van der Waals surface area (Å²) < 4.78 is 9.72. The van der Waals surface area contributed by atoms with Crippen molar-refractivity contribution in [1.82, 2.24) is 9.38 Å². The van der Waals surface area contributed by atoms with Crippen molar-refractivity contribution in [3.05, 3.63) is 80.7 Å². The van der Waals surface area contributed by atoms with Crippen LogP contribution in [0.4, 0.5) is 26.7 Å². The van der Waals surface area contributed by atoms with Gasteiger partial charge < -0.3 is 19.5 Å². The molecule has 0 radical (unpaired) electrons. The van der Waals surface area contributed by atoms with Gasteiger partial charge in [-0.05, 0) is 32.9 Å². The molecule has 210 valence electrons. The Morgan fingerprint density at radius 1 is 1.02 bits per heavy atom. The molecule has 1 aliphatic heterocycles. The van der Waals surface area contributed by atoms with Gasteiger partial charge in [0.25, 0.3) is 11.4 Å².